The van der Waals surface area contributed by atoms with Crippen LogP contribution in [0.5, 0.6) is 0 Å². The Bertz CT molecular complexity index is 627. The standard InChI is InChI=1S/C18H30N2O3S/c1-5-16(21)14-19-10-12-20(13-11-19)24(22,23)17-8-6-15(7-9-17)18(2,3)4/h6-9,16,21H,5,10-14H2,1-4H3/t16-/m1/s1. The van der Waals surface area contributed by atoms with Crippen LogP contribution in [0.15, 0.2) is 29.2 Å². The first kappa shape index (κ1) is 19.4. The van der Waals surface area contributed by atoms with Gasteiger partial charge >= 0.3 is 0 Å². The molecule has 0 bridgehead atoms. The van der Waals surface area contributed by atoms with E-state index < -0.39 is 10.0 Å². The number of aliphatic hydroxyl groups excluding tert-OH is 1. The van der Waals surface area contributed by atoms with E-state index in [1.54, 1.807) is 16.4 Å². The molecule has 1 aromatic rings. The Labute approximate surface area is 146 Å². The Kier molecular flexibility index (Phi) is 6.07. The first-order valence-corrected chi connectivity index (χ1v) is 10.1. The number of aliphatic hydroxyl groups is 1. The molecule has 2 rings (SSSR count). The highest BCUT2D eigenvalue weighted by Crippen LogP contribution is 2.25. The van der Waals surface area contributed by atoms with Crippen LogP contribution in [0.3, 0.4) is 0 Å². The maximum atomic E-state index is 12.8. The lowest BCUT2D eigenvalue weighted by atomic mass is 9.87. The van der Waals surface area contributed by atoms with E-state index in [4.69, 9.17) is 0 Å². The van der Waals surface area contributed by atoms with E-state index in [1.807, 2.05) is 19.1 Å². The lowest BCUT2D eigenvalue weighted by Gasteiger charge is -2.34. The van der Waals surface area contributed by atoms with Gasteiger partial charge in [0.15, 0.2) is 0 Å². The minimum atomic E-state index is -3.44. The van der Waals surface area contributed by atoms with Gasteiger partial charge in [-0.1, -0.05) is 39.8 Å². The second-order valence-corrected chi connectivity index (χ2v) is 9.48. The second-order valence-electron chi connectivity index (χ2n) is 7.54. The summed E-state index contributed by atoms with van der Waals surface area (Å²) in [7, 11) is -3.44. The summed E-state index contributed by atoms with van der Waals surface area (Å²) in [5.41, 5.74) is 1.13. The highest BCUT2D eigenvalue weighted by Gasteiger charge is 2.29. The number of piperazine rings is 1. The van der Waals surface area contributed by atoms with Crippen LogP contribution in [-0.4, -0.2) is 61.6 Å². The Morgan fingerprint density at radius 3 is 2.08 bits per heavy atom. The zero-order chi connectivity index (χ0) is 18.0. The molecule has 0 saturated carbocycles. The first-order chi connectivity index (χ1) is 11.1. The van der Waals surface area contributed by atoms with E-state index in [2.05, 4.69) is 25.7 Å². The SMILES string of the molecule is CC[C@@H](O)CN1CCN(S(=O)(=O)c2ccc(C(C)(C)C)cc2)CC1. The van der Waals surface area contributed by atoms with E-state index in [-0.39, 0.29) is 11.5 Å². The third-order valence-electron chi connectivity index (χ3n) is 4.63. The minimum absolute atomic E-state index is 0.00797. The molecule has 5 nitrogen and oxygen atoms in total. The van der Waals surface area contributed by atoms with Gasteiger partial charge in [-0.2, -0.15) is 4.31 Å². The fourth-order valence-electron chi connectivity index (χ4n) is 2.86. The second kappa shape index (κ2) is 7.52. The number of rotatable bonds is 5. The van der Waals surface area contributed by atoms with E-state index in [0.29, 0.717) is 37.6 Å². The average molecular weight is 355 g/mol. The number of hydrogen-bond acceptors (Lipinski definition) is 4. The molecule has 1 saturated heterocycles. The van der Waals surface area contributed by atoms with Crippen molar-refractivity contribution in [1.82, 2.24) is 9.21 Å². The van der Waals surface area contributed by atoms with Crippen LogP contribution < -0.4 is 0 Å². The van der Waals surface area contributed by atoms with E-state index in [9.17, 15) is 13.5 Å². The number of benzene rings is 1. The van der Waals surface area contributed by atoms with E-state index in [0.717, 1.165) is 12.0 Å². The summed E-state index contributed by atoms with van der Waals surface area (Å²) < 4.78 is 27.1. The molecule has 1 aliphatic heterocycles. The van der Waals surface area contributed by atoms with Gasteiger partial charge in [-0.15, -0.1) is 0 Å². The first-order valence-electron chi connectivity index (χ1n) is 8.65. The molecular formula is C18H30N2O3S. The van der Waals surface area contributed by atoms with E-state index >= 15 is 0 Å². The molecule has 0 unspecified atom stereocenters. The molecule has 0 radical (unpaired) electrons. The van der Waals surface area contributed by atoms with Crippen LogP contribution >= 0.6 is 0 Å². The van der Waals surface area contributed by atoms with Crippen LogP contribution in [0.2, 0.25) is 0 Å². The predicted octanol–water partition coefficient (Wildman–Crippen LogP) is 2.06. The predicted molar refractivity (Wildman–Crippen MR) is 96.6 cm³/mol. The van der Waals surface area contributed by atoms with Crippen molar-refractivity contribution in [2.75, 3.05) is 32.7 Å². The Balaban J connectivity index is 2.04. The van der Waals surface area contributed by atoms with Crippen molar-refractivity contribution < 1.29 is 13.5 Å². The minimum Gasteiger partial charge on any atom is -0.392 e. The molecule has 1 aromatic carbocycles. The molecular weight excluding hydrogens is 324 g/mol. The van der Waals surface area contributed by atoms with Crippen molar-refractivity contribution in [2.24, 2.45) is 0 Å². The monoisotopic (exact) mass is 354 g/mol. The number of nitrogens with zero attached hydrogens (tertiary/aromatic N) is 2. The molecule has 1 heterocycles. The molecule has 0 aromatic heterocycles. The Morgan fingerprint density at radius 1 is 1.08 bits per heavy atom. The quantitative estimate of drug-likeness (QED) is 0.879. The van der Waals surface area contributed by atoms with E-state index in [1.165, 1.54) is 0 Å². The highest BCUT2D eigenvalue weighted by atomic mass is 32.2. The Hall–Kier alpha value is -0.950. The lowest BCUT2D eigenvalue weighted by molar-refractivity contribution is 0.0896. The van der Waals surface area contributed by atoms with Gasteiger partial charge in [0.2, 0.25) is 10.0 Å². The van der Waals surface area contributed by atoms with Gasteiger partial charge in [0.05, 0.1) is 11.0 Å². The third-order valence-corrected chi connectivity index (χ3v) is 6.54. The fourth-order valence-corrected chi connectivity index (χ4v) is 4.28. The normalized spacial score (nSPS) is 19.4. The molecule has 6 heteroatoms. The maximum absolute atomic E-state index is 12.8. The largest absolute Gasteiger partial charge is 0.392 e. The van der Waals surface area contributed by atoms with Gasteiger partial charge in [-0.25, -0.2) is 8.42 Å². The highest BCUT2D eigenvalue weighted by molar-refractivity contribution is 7.89. The molecule has 0 amide bonds. The van der Waals surface area contributed by atoms with Gasteiger partial charge in [-0.05, 0) is 29.5 Å². The fraction of sp³-hybridized carbons (Fsp3) is 0.667. The summed E-state index contributed by atoms with van der Waals surface area (Å²) >= 11 is 0. The van der Waals surface area contributed by atoms with Gasteiger partial charge in [0.1, 0.15) is 0 Å². The third kappa shape index (κ3) is 4.57. The molecule has 0 aliphatic carbocycles. The van der Waals surface area contributed by atoms with Crippen LogP contribution in [-0.2, 0) is 15.4 Å². The van der Waals surface area contributed by atoms with Crippen molar-refractivity contribution in [2.45, 2.75) is 50.5 Å². The molecule has 136 valence electrons. The summed E-state index contributed by atoms with van der Waals surface area (Å²) in [5, 5.41) is 9.73. The molecule has 1 fully saturated rings. The van der Waals surface area contributed by atoms with Crippen molar-refractivity contribution in [3.05, 3.63) is 29.8 Å². The van der Waals surface area contributed by atoms with Crippen molar-refractivity contribution >= 4 is 10.0 Å². The number of hydrogen-bond donors (Lipinski definition) is 1. The van der Waals surface area contributed by atoms with Crippen LogP contribution in [0.4, 0.5) is 0 Å². The summed E-state index contributed by atoms with van der Waals surface area (Å²) in [4.78, 5) is 2.49. The number of sulfonamides is 1. The van der Waals surface area contributed by atoms with Gasteiger partial charge in [0, 0.05) is 32.7 Å². The summed E-state index contributed by atoms with van der Waals surface area (Å²) in [5.74, 6) is 0. The van der Waals surface area contributed by atoms with Gasteiger partial charge < -0.3 is 5.11 Å². The molecule has 1 atom stereocenters. The van der Waals surface area contributed by atoms with Crippen molar-refractivity contribution in [3.63, 3.8) is 0 Å². The van der Waals surface area contributed by atoms with Crippen LogP contribution in [0, 0.1) is 0 Å². The number of β-amino-alcohol motifs (C(OH)–C–C–N with tert-alkyl or cyclic N) is 1. The van der Waals surface area contributed by atoms with Crippen molar-refractivity contribution in [3.8, 4) is 0 Å². The summed E-state index contributed by atoms with van der Waals surface area (Å²) in [6, 6.07) is 7.23. The van der Waals surface area contributed by atoms with Crippen LogP contribution in [0.25, 0.3) is 0 Å². The van der Waals surface area contributed by atoms with Crippen molar-refractivity contribution in [1.29, 1.82) is 0 Å². The topological polar surface area (TPSA) is 60.9 Å². The zero-order valence-corrected chi connectivity index (χ0v) is 16.0. The van der Waals surface area contributed by atoms with Gasteiger partial charge in [-0.3, -0.25) is 4.90 Å². The lowest BCUT2D eigenvalue weighted by Crippen LogP contribution is -2.50. The smallest absolute Gasteiger partial charge is 0.243 e. The molecule has 24 heavy (non-hydrogen) atoms. The zero-order valence-electron chi connectivity index (χ0n) is 15.2. The molecule has 0 spiro atoms. The molecule has 1 N–H and O–H groups in total. The molecule has 1 aliphatic rings. The average Bonchev–Trinajstić information content (AvgIpc) is 2.54. The summed E-state index contributed by atoms with van der Waals surface area (Å²) in [6.07, 6.45) is 0.386. The maximum Gasteiger partial charge on any atom is 0.243 e. The Morgan fingerprint density at radius 2 is 1.62 bits per heavy atom. The van der Waals surface area contributed by atoms with Gasteiger partial charge in [0.25, 0.3) is 0 Å². The summed E-state index contributed by atoms with van der Waals surface area (Å²) in [6.45, 7) is 11.2. The van der Waals surface area contributed by atoms with Crippen LogP contribution in [0.1, 0.15) is 39.7 Å².